The summed E-state index contributed by atoms with van der Waals surface area (Å²) in [5.74, 6) is 1.77. The fourth-order valence-electron chi connectivity index (χ4n) is 8.86. The summed E-state index contributed by atoms with van der Waals surface area (Å²) in [4.78, 5) is 15.7. The molecule has 0 atom stereocenters. The second-order valence-corrected chi connectivity index (χ2v) is 16.5. The fraction of sp³-hybridized carbons (Fsp3) is 0. The lowest BCUT2D eigenvalue weighted by Gasteiger charge is -2.13. The van der Waals surface area contributed by atoms with Crippen LogP contribution in [0, 0.1) is 0 Å². The summed E-state index contributed by atoms with van der Waals surface area (Å²) >= 11 is 1.86. The minimum absolute atomic E-state index is 0.581. The summed E-state index contributed by atoms with van der Waals surface area (Å²) in [6.45, 7) is 0. The molecule has 5 heteroatoms. The molecule has 0 spiro atoms. The Morgan fingerprint density at radius 3 is 1.60 bits per heavy atom. The van der Waals surface area contributed by atoms with Crippen molar-refractivity contribution in [1.82, 2.24) is 15.0 Å². The molecule has 0 aliphatic rings. The first-order chi connectivity index (χ1) is 30.7. The van der Waals surface area contributed by atoms with Gasteiger partial charge < -0.3 is 4.42 Å². The van der Waals surface area contributed by atoms with Crippen LogP contribution in [0.1, 0.15) is 0 Å². The number of benzene rings is 9. The zero-order chi connectivity index (χ0) is 41.0. The van der Waals surface area contributed by atoms with Gasteiger partial charge in [-0.05, 0) is 63.2 Å². The van der Waals surface area contributed by atoms with Crippen molar-refractivity contribution in [2.45, 2.75) is 0 Å². The van der Waals surface area contributed by atoms with E-state index in [0.29, 0.717) is 17.5 Å². The zero-order valence-electron chi connectivity index (χ0n) is 33.4. The van der Waals surface area contributed by atoms with Gasteiger partial charge in [0.2, 0.25) is 0 Å². The van der Waals surface area contributed by atoms with Gasteiger partial charge in [-0.25, -0.2) is 15.0 Å². The third-order valence-electron chi connectivity index (χ3n) is 11.8. The Bertz CT molecular complexity index is 3630. The quantitative estimate of drug-likeness (QED) is 0.161. The fourth-order valence-corrected chi connectivity index (χ4v) is 10.1. The molecule has 0 saturated heterocycles. The molecule has 0 fully saturated rings. The zero-order valence-corrected chi connectivity index (χ0v) is 34.2. The molecule has 9 aromatic carbocycles. The van der Waals surface area contributed by atoms with Gasteiger partial charge in [-0.15, -0.1) is 11.3 Å². The number of hydrogen-bond acceptors (Lipinski definition) is 5. The molecule has 0 radical (unpaired) electrons. The molecule has 3 heterocycles. The predicted molar refractivity (Wildman–Crippen MR) is 258 cm³/mol. The second-order valence-electron chi connectivity index (χ2n) is 15.5. The van der Waals surface area contributed by atoms with Crippen molar-refractivity contribution in [1.29, 1.82) is 0 Å². The lowest BCUT2D eigenvalue weighted by atomic mass is 9.93. The van der Waals surface area contributed by atoms with Gasteiger partial charge in [0.05, 0.1) is 0 Å². The van der Waals surface area contributed by atoms with Gasteiger partial charge >= 0.3 is 0 Å². The van der Waals surface area contributed by atoms with Crippen LogP contribution in [-0.4, -0.2) is 15.0 Å². The molecule has 0 bridgehead atoms. The number of hydrogen-bond donors (Lipinski definition) is 0. The van der Waals surface area contributed by atoms with Crippen LogP contribution in [0.25, 0.3) is 121 Å². The highest BCUT2D eigenvalue weighted by Gasteiger charge is 2.21. The van der Waals surface area contributed by atoms with E-state index in [1.54, 1.807) is 0 Å². The lowest BCUT2D eigenvalue weighted by molar-refractivity contribution is 0.669. The van der Waals surface area contributed by atoms with Crippen molar-refractivity contribution >= 4 is 53.4 Å². The molecule has 12 aromatic rings. The van der Waals surface area contributed by atoms with Crippen LogP contribution in [0.4, 0.5) is 0 Å². The van der Waals surface area contributed by atoms with Crippen LogP contribution >= 0.6 is 11.3 Å². The Morgan fingerprint density at radius 1 is 0.306 bits per heavy atom. The van der Waals surface area contributed by atoms with E-state index in [1.807, 2.05) is 41.7 Å². The summed E-state index contributed by atoms with van der Waals surface area (Å²) in [6.07, 6.45) is 0. The Morgan fingerprint density at radius 2 is 0.806 bits per heavy atom. The minimum Gasteiger partial charge on any atom is -0.456 e. The van der Waals surface area contributed by atoms with Crippen molar-refractivity contribution in [3.05, 3.63) is 212 Å². The third kappa shape index (κ3) is 6.18. The number of fused-ring (bicyclic) bond motifs is 6. The van der Waals surface area contributed by atoms with Gasteiger partial charge in [-0.3, -0.25) is 0 Å². The van der Waals surface area contributed by atoms with Crippen molar-refractivity contribution in [2.24, 2.45) is 0 Å². The average molecular weight is 810 g/mol. The summed E-state index contributed by atoms with van der Waals surface area (Å²) < 4.78 is 9.14. The first kappa shape index (κ1) is 35.9. The van der Waals surface area contributed by atoms with E-state index in [2.05, 4.69) is 182 Å². The maximum Gasteiger partial charge on any atom is 0.164 e. The summed E-state index contributed by atoms with van der Waals surface area (Å²) in [5, 5.41) is 4.60. The summed E-state index contributed by atoms with van der Waals surface area (Å²) in [6, 6.07) is 74.4. The van der Waals surface area contributed by atoms with E-state index in [-0.39, 0.29) is 0 Å². The molecule has 0 aliphatic carbocycles. The number of rotatable bonds is 7. The van der Waals surface area contributed by atoms with E-state index in [1.165, 1.54) is 36.9 Å². The SMILES string of the molecule is c1ccc(-c2cccc(-c3nc(-c4ccc(-c5ccccc5-c5cccc6c5sc5ccccc56)cc4)nc(-c4cccc5oc6cccc(-c7ccccc7)c6c45)n3)c2)cc1. The third-order valence-corrected chi connectivity index (χ3v) is 13.0. The number of furan rings is 1. The normalized spacial score (nSPS) is 11.5. The monoisotopic (exact) mass is 809 g/mol. The minimum atomic E-state index is 0.581. The standard InChI is InChI=1S/C57H35N3OS/c1-3-15-36(16-4-1)40-19-11-20-41(35-40)56-58-55(59-57(60-56)48-27-14-29-50-53(48)52-43(24-13-28-49(52)61-50)37-17-5-2-6-18-37)39-33-31-38(32-34-39)42-21-7-8-22-44(42)46-25-12-26-47-45-23-9-10-30-51(45)62-54(46)47/h1-35H. The van der Waals surface area contributed by atoms with E-state index in [4.69, 9.17) is 19.4 Å². The number of aromatic nitrogens is 3. The van der Waals surface area contributed by atoms with Crippen molar-refractivity contribution in [2.75, 3.05) is 0 Å². The Balaban J connectivity index is 1.02. The van der Waals surface area contributed by atoms with Crippen LogP contribution in [0.15, 0.2) is 217 Å². The molecule has 0 saturated carbocycles. The molecule has 12 rings (SSSR count). The molecule has 62 heavy (non-hydrogen) atoms. The van der Waals surface area contributed by atoms with Crippen molar-refractivity contribution < 1.29 is 4.42 Å². The van der Waals surface area contributed by atoms with E-state index < -0.39 is 0 Å². The molecule has 290 valence electrons. The lowest BCUT2D eigenvalue weighted by Crippen LogP contribution is -2.00. The van der Waals surface area contributed by atoms with Crippen molar-refractivity contribution in [3.63, 3.8) is 0 Å². The summed E-state index contributed by atoms with van der Waals surface area (Å²) in [7, 11) is 0. The van der Waals surface area contributed by atoms with Crippen molar-refractivity contribution in [3.8, 4) is 78.7 Å². The molecule has 0 unspecified atom stereocenters. The molecule has 0 amide bonds. The van der Waals surface area contributed by atoms with Gasteiger partial charge in [0, 0.05) is 53.2 Å². The Labute approximate surface area is 362 Å². The number of thiophene rings is 1. The average Bonchev–Trinajstić information content (AvgIpc) is 3.94. The van der Waals surface area contributed by atoms with Crippen LogP contribution in [0.5, 0.6) is 0 Å². The van der Waals surface area contributed by atoms with Gasteiger partial charge in [0.25, 0.3) is 0 Å². The highest BCUT2D eigenvalue weighted by Crippen LogP contribution is 2.44. The first-order valence-corrected chi connectivity index (χ1v) is 21.6. The highest BCUT2D eigenvalue weighted by molar-refractivity contribution is 7.26. The molecular weight excluding hydrogens is 775 g/mol. The van der Waals surface area contributed by atoms with Gasteiger partial charge in [-0.2, -0.15) is 0 Å². The Kier molecular flexibility index (Phi) is 8.65. The van der Waals surface area contributed by atoms with Crippen LogP contribution in [0.2, 0.25) is 0 Å². The van der Waals surface area contributed by atoms with Crippen LogP contribution in [-0.2, 0) is 0 Å². The van der Waals surface area contributed by atoms with Crippen LogP contribution in [0.3, 0.4) is 0 Å². The number of nitrogens with zero attached hydrogens (tertiary/aromatic N) is 3. The molecule has 0 aliphatic heterocycles. The van der Waals surface area contributed by atoms with Gasteiger partial charge in [-0.1, -0.05) is 188 Å². The first-order valence-electron chi connectivity index (χ1n) is 20.8. The summed E-state index contributed by atoms with van der Waals surface area (Å²) in [5.41, 5.74) is 13.5. The molecular formula is C57H35N3OS. The molecule has 0 N–H and O–H groups in total. The maximum atomic E-state index is 6.54. The maximum absolute atomic E-state index is 6.54. The van der Waals surface area contributed by atoms with Gasteiger partial charge in [0.15, 0.2) is 17.5 Å². The van der Waals surface area contributed by atoms with Gasteiger partial charge in [0.1, 0.15) is 11.2 Å². The second kappa shape index (κ2) is 14.9. The van der Waals surface area contributed by atoms with Crippen LogP contribution < -0.4 is 0 Å². The molecule has 3 aromatic heterocycles. The highest BCUT2D eigenvalue weighted by atomic mass is 32.1. The smallest absolute Gasteiger partial charge is 0.164 e. The van der Waals surface area contributed by atoms with E-state index in [0.717, 1.165) is 66.4 Å². The van der Waals surface area contributed by atoms with E-state index >= 15 is 0 Å². The molecule has 4 nitrogen and oxygen atoms in total. The Hall–Kier alpha value is -7.99. The van der Waals surface area contributed by atoms with E-state index in [9.17, 15) is 0 Å². The predicted octanol–water partition coefficient (Wildman–Crippen LogP) is 15.8. The topological polar surface area (TPSA) is 51.8 Å². The largest absolute Gasteiger partial charge is 0.456 e.